The van der Waals surface area contributed by atoms with Gasteiger partial charge in [-0.1, -0.05) is 19.1 Å². The van der Waals surface area contributed by atoms with E-state index in [1.165, 1.54) is 4.31 Å². The Labute approximate surface area is 115 Å². The van der Waals surface area contributed by atoms with E-state index in [1.807, 2.05) is 13.0 Å². The molecule has 0 unspecified atom stereocenters. The predicted octanol–water partition coefficient (Wildman–Crippen LogP) is 2.51. The van der Waals surface area contributed by atoms with E-state index in [9.17, 15) is 8.42 Å². The van der Waals surface area contributed by atoms with Gasteiger partial charge in [0.1, 0.15) is 0 Å². The Morgan fingerprint density at radius 3 is 2.26 bits per heavy atom. The van der Waals surface area contributed by atoms with Crippen LogP contribution in [0.3, 0.4) is 0 Å². The lowest BCUT2D eigenvalue weighted by Crippen LogP contribution is -2.36. The van der Waals surface area contributed by atoms with Gasteiger partial charge in [0.25, 0.3) is 0 Å². The molecular formula is C14H20N2O2S. The highest BCUT2D eigenvalue weighted by atomic mass is 32.2. The highest BCUT2D eigenvalue weighted by Crippen LogP contribution is 2.15. The molecule has 104 valence electrons. The van der Waals surface area contributed by atoms with Crippen molar-refractivity contribution in [3.05, 3.63) is 35.4 Å². The summed E-state index contributed by atoms with van der Waals surface area (Å²) in [4.78, 5) is 0. The van der Waals surface area contributed by atoms with Gasteiger partial charge in [-0.25, -0.2) is 8.42 Å². The van der Waals surface area contributed by atoms with Crippen LogP contribution in [-0.4, -0.2) is 24.5 Å². The molecule has 4 nitrogen and oxygen atoms in total. The average Bonchev–Trinajstić information content (AvgIpc) is 2.38. The van der Waals surface area contributed by atoms with Gasteiger partial charge in [0.05, 0.1) is 16.9 Å². The van der Waals surface area contributed by atoms with Crippen LogP contribution in [0.25, 0.3) is 0 Å². The predicted molar refractivity (Wildman–Crippen MR) is 75.9 cm³/mol. The third kappa shape index (κ3) is 4.05. The molecule has 1 rings (SSSR count). The lowest BCUT2D eigenvalue weighted by Gasteiger charge is -2.23. The van der Waals surface area contributed by atoms with Gasteiger partial charge < -0.3 is 0 Å². The Morgan fingerprint density at radius 2 is 1.84 bits per heavy atom. The van der Waals surface area contributed by atoms with Crippen molar-refractivity contribution in [3.63, 3.8) is 0 Å². The van der Waals surface area contributed by atoms with Crippen LogP contribution in [0.15, 0.2) is 24.3 Å². The molecule has 0 amide bonds. The SMILES string of the molecule is CCCN(Cc1ccc(C#N)cc1)S(=O)(=O)C(C)C. The van der Waals surface area contributed by atoms with Crippen LogP contribution in [0.5, 0.6) is 0 Å². The van der Waals surface area contributed by atoms with Crippen molar-refractivity contribution in [2.24, 2.45) is 0 Å². The first-order valence-electron chi connectivity index (χ1n) is 6.39. The summed E-state index contributed by atoms with van der Waals surface area (Å²) in [6, 6.07) is 9.07. The minimum absolute atomic E-state index is 0.361. The highest BCUT2D eigenvalue weighted by molar-refractivity contribution is 7.89. The quantitative estimate of drug-likeness (QED) is 0.804. The molecule has 0 aliphatic carbocycles. The van der Waals surface area contributed by atoms with E-state index in [2.05, 4.69) is 0 Å². The van der Waals surface area contributed by atoms with Crippen molar-refractivity contribution in [2.75, 3.05) is 6.54 Å². The number of rotatable bonds is 6. The minimum Gasteiger partial charge on any atom is -0.212 e. The summed E-state index contributed by atoms with van der Waals surface area (Å²) in [6.07, 6.45) is 0.780. The van der Waals surface area contributed by atoms with E-state index in [0.29, 0.717) is 18.7 Å². The number of sulfonamides is 1. The van der Waals surface area contributed by atoms with E-state index >= 15 is 0 Å². The second kappa shape index (κ2) is 6.69. The average molecular weight is 280 g/mol. The van der Waals surface area contributed by atoms with Gasteiger partial charge in [0.2, 0.25) is 10.0 Å². The minimum atomic E-state index is -3.25. The molecule has 1 aromatic rings. The fourth-order valence-corrected chi connectivity index (χ4v) is 3.09. The van der Waals surface area contributed by atoms with Crippen LogP contribution in [0.4, 0.5) is 0 Å². The van der Waals surface area contributed by atoms with Crippen molar-refractivity contribution < 1.29 is 8.42 Å². The molecule has 0 bridgehead atoms. The van der Waals surface area contributed by atoms with Crippen LogP contribution in [0.2, 0.25) is 0 Å². The van der Waals surface area contributed by atoms with Gasteiger partial charge >= 0.3 is 0 Å². The zero-order chi connectivity index (χ0) is 14.5. The Kier molecular flexibility index (Phi) is 5.52. The van der Waals surface area contributed by atoms with Crippen molar-refractivity contribution in [1.82, 2.24) is 4.31 Å². The van der Waals surface area contributed by atoms with Gasteiger partial charge in [-0.3, -0.25) is 0 Å². The number of nitrogens with zero attached hydrogens (tertiary/aromatic N) is 2. The Bertz CT molecular complexity index is 542. The topological polar surface area (TPSA) is 61.2 Å². The number of hydrogen-bond acceptors (Lipinski definition) is 3. The monoisotopic (exact) mass is 280 g/mol. The van der Waals surface area contributed by atoms with Crippen molar-refractivity contribution in [2.45, 2.75) is 39.0 Å². The first-order chi connectivity index (χ1) is 8.91. The second-order valence-corrected chi connectivity index (χ2v) is 7.23. The molecule has 0 N–H and O–H groups in total. The Hall–Kier alpha value is -1.38. The molecule has 0 saturated carbocycles. The van der Waals surface area contributed by atoms with Crippen molar-refractivity contribution >= 4 is 10.0 Å². The van der Waals surface area contributed by atoms with E-state index in [4.69, 9.17) is 5.26 Å². The Balaban J connectivity index is 2.93. The molecule has 0 aliphatic rings. The molecular weight excluding hydrogens is 260 g/mol. The van der Waals surface area contributed by atoms with Crippen molar-refractivity contribution in [1.29, 1.82) is 5.26 Å². The fraction of sp³-hybridized carbons (Fsp3) is 0.500. The molecule has 0 heterocycles. The molecule has 19 heavy (non-hydrogen) atoms. The molecule has 0 saturated heterocycles. The maximum Gasteiger partial charge on any atom is 0.216 e. The molecule has 0 radical (unpaired) electrons. The summed E-state index contributed by atoms with van der Waals surface area (Å²) < 4.78 is 26.0. The lowest BCUT2D eigenvalue weighted by molar-refractivity contribution is 0.401. The summed E-state index contributed by atoms with van der Waals surface area (Å²) in [5.41, 5.74) is 1.48. The van der Waals surface area contributed by atoms with E-state index in [0.717, 1.165) is 12.0 Å². The lowest BCUT2D eigenvalue weighted by atomic mass is 10.1. The molecule has 0 spiro atoms. The first-order valence-corrected chi connectivity index (χ1v) is 7.90. The smallest absolute Gasteiger partial charge is 0.212 e. The zero-order valence-corrected chi connectivity index (χ0v) is 12.4. The molecule has 0 fully saturated rings. The molecule has 5 heteroatoms. The maximum atomic E-state index is 12.2. The number of benzene rings is 1. The van der Waals surface area contributed by atoms with Gasteiger partial charge in [0.15, 0.2) is 0 Å². The summed E-state index contributed by atoms with van der Waals surface area (Å²) in [5, 5.41) is 8.32. The molecule has 0 atom stereocenters. The zero-order valence-electron chi connectivity index (χ0n) is 11.6. The van der Waals surface area contributed by atoms with E-state index in [1.54, 1.807) is 38.1 Å². The third-order valence-corrected chi connectivity index (χ3v) is 5.09. The molecule has 0 aromatic heterocycles. The van der Waals surface area contributed by atoms with Gasteiger partial charge in [-0.15, -0.1) is 0 Å². The number of nitriles is 1. The van der Waals surface area contributed by atoms with Gasteiger partial charge in [-0.05, 0) is 38.0 Å². The molecule has 0 aliphatic heterocycles. The summed E-state index contributed by atoms with van der Waals surface area (Å²) in [7, 11) is -3.25. The van der Waals surface area contributed by atoms with E-state index in [-0.39, 0.29) is 0 Å². The maximum absolute atomic E-state index is 12.2. The van der Waals surface area contributed by atoms with Crippen LogP contribution in [0, 0.1) is 11.3 Å². The second-order valence-electron chi connectivity index (χ2n) is 4.74. The Morgan fingerprint density at radius 1 is 1.26 bits per heavy atom. The van der Waals surface area contributed by atoms with E-state index < -0.39 is 15.3 Å². The van der Waals surface area contributed by atoms with Crippen molar-refractivity contribution in [3.8, 4) is 6.07 Å². The van der Waals surface area contributed by atoms with Gasteiger partial charge in [-0.2, -0.15) is 9.57 Å². The standard InChI is InChI=1S/C14H20N2O2S/c1-4-9-16(19(17,18)12(2)3)11-14-7-5-13(10-15)6-8-14/h5-8,12H,4,9,11H2,1-3H3. The fourth-order valence-electron chi connectivity index (χ4n) is 1.73. The molecule has 1 aromatic carbocycles. The first kappa shape index (κ1) is 15.7. The van der Waals surface area contributed by atoms with Gasteiger partial charge in [0, 0.05) is 13.1 Å². The third-order valence-electron chi connectivity index (χ3n) is 2.87. The van der Waals surface area contributed by atoms with Crippen LogP contribution in [-0.2, 0) is 16.6 Å². The highest BCUT2D eigenvalue weighted by Gasteiger charge is 2.24. The largest absolute Gasteiger partial charge is 0.216 e. The van der Waals surface area contributed by atoms with Crippen LogP contribution in [0.1, 0.15) is 38.3 Å². The summed E-state index contributed by atoms with van der Waals surface area (Å²) in [6.45, 7) is 6.22. The normalized spacial score (nSPS) is 11.8. The summed E-state index contributed by atoms with van der Waals surface area (Å²) in [5.74, 6) is 0. The summed E-state index contributed by atoms with van der Waals surface area (Å²) >= 11 is 0. The van der Waals surface area contributed by atoms with Crippen LogP contribution < -0.4 is 0 Å². The van der Waals surface area contributed by atoms with Crippen LogP contribution >= 0.6 is 0 Å². The number of hydrogen-bond donors (Lipinski definition) is 0.